The highest BCUT2D eigenvalue weighted by Gasteiger charge is 2.28. The Balaban J connectivity index is 2.38. The summed E-state index contributed by atoms with van der Waals surface area (Å²) in [6.45, 7) is 2.21. The fourth-order valence-electron chi connectivity index (χ4n) is 3.11. The molecule has 3 unspecified atom stereocenters. The molecular formula is C14H29NO2S. The summed E-state index contributed by atoms with van der Waals surface area (Å²) in [5.41, 5.74) is 0. The summed E-state index contributed by atoms with van der Waals surface area (Å²) in [5, 5.41) is 3.29. The van der Waals surface area contributed by atoms with E-state index in [0.29, 0.717) is 12.0 Å². The van der Waals surface area contributed by atoms with Crippen molar-refractivity contribution in [2.45, 2.75) is 69.6 Å². The van der Waals surface area contributed by atoms with Crippen LogP contribution in [0.25, 0.3) is 0 Å². The van der Waals surface area contributed by atoms with Crippen molar-refractivity contribution in [1.82, 2.24) is 5.32 Å². The first-order chi connectivity index (χ1) is 8.47. The number of rotatable bonds is 7. The van der Waals surface area contributed by atoms with Gasteiger partial charge in [-0.05, 0) is 45.1 Å². The minimum absolute atomic E-state index is 0.0736. The molecule has 0 aliphatic heterocycles. The van der Waals surface area contributed by atoms with Gasteiger partial charge in [0.05, 0.1) is 5.25 Å². The van der Waals surface area contributed by atoms with Crippen molar-refractivity contribution in [3.63, 3.8) is 0 Å². The second-order valence-corrected chi connectivity index (χ2v) is 8.16. The third kappa shape index (κ3) is 5.27. The lowest BCUT2D eigenvalue weighted by Gasteiger charge is -2.29. The van der Waals surface area contributed by atoms with Crippen molar-refractivity contribution < 1.29 is 8.42 Å². The van der Waals surface area contributed by atoms with E-state index < -0.39 is 9.84 Å². The molecule has 1 aliphatic rings. The lowest BCUT2D eigenvalue weighted by molar-refractivity contribution is 0.312. The summed E-state index contributed by atoms with van der Waals surface area (Å²) in [4.78, 5) is 0. The van der Waals surface area contributed by atoms with E-state index in [-0.39, 0.29) is 5.25 Å². The molecule has 4 heteroatoms. The number of nitrogens with one attached hydrogen (secondary N) is 1. The fourth-order valence-corrected chi connectivity index (χ4v) is 4.33. The molecule has 0 spiro atoms. The van der Waals surface area contributed by atoms with E-state index in [4.69, 9.17) is 0 Å². The zero-order chi connectivity index (χ0) is 13.6. The molecule has 1 saturated carbocycles. The van der Waals surface area contributed by atoms with Crippen LogP contribution in [0.4, 0.5) is 0 Å². The highest BCUT2D eigenvalue weighted by Crippen LogP contribution is 2.31. The molecule has 1 rings (SSSR count). The van der Waals surface area contributed by atoms with Gasteiger partial charge < -0.3 is 5.32 Å². The van der Waals surface area contributed by atoms with Gasteiger partial charge in [0.2, 0.25) is 0 Å². The summed E-state index contributed by atoms with van der Waals surface area (Å²) in [6, 6.07) is 0.605. The van der Waals surface area contributed by atoms with Crippen LogP contribution >= 0.6 is 0 Å². The molecule has 108 valence electrons. The Morgan fingerprint density at radius 2 is 2.00 bits per heavy atom. The molecule has 1 N–H and O–H groups in total. The standard InChI is InChI=1S/C14H29NO2S/c1-4-6-13(15-2)10-9-12-7-5-8-14(11-12)18(3,16)17/h12-15H,4-11H2,1-3H3. The van der Waals surface area contributed by atoms with Crippen LogP contribution in [0.5, 0.6) is 0 Å². The maximum absolute atomic E-state index is 11.6. The maximum atomic E-state index is 11.6. The summed E-state index contributed by atoms with van der Waals surface area (Å²) in [6.07, 6.45) is 10.3. The number of hydrogen-bond donors (Lipinski definition) is 1. The lowest BCUT2D eigenvalue weighted by Crippen LogP contribution is -2.29. The molecule has 3 nitrogen and oxygen atoms in total. The molecule has 0 aromatic heterocycles. The highest BCUT2D eigenvalue weighted by molar-refractivity contribution is 7.91. The molecule has 0 heterocycles. The third-order valence-electron chi connectivity index (χ3n) is 4.31. The average molecular weight is 275 g/mol. The highest BCUT2D eigenvalue weighted by atomic mass is 32.2. The third-order valence-corrected chi connectivity index (χ3v) is 5.95. The topological polar surface area (TPSA) is 46.2 Å². The zero-order valence-electron chi connectivity index (χ0n) is 12.1. The first-order valence-corrected chi connectivity index (χ1v) is 9.29. The fraction of sp³-hybridized carbons (Fsp3) is 1.00. The van der Waals surface area contributed by atoms with Gasteiger partial charge in [-0.2, -0.15) is 0 Å². The largest absolute Gasteiger partial charge is 0.317 e. The van der Waals surface area contributed by atoms with Crippen LogP contribution in [0.2, 0.25) is 0 Å². The van der Waals surface area contributed by atoms with Crippen molar-refractivity contribution >= 4 is 9.84 Å². The van der Waals surface area contributed by atoms with Gasteiger partial charge in [-0.1, -0.05) is 26.2 Å². The van der Waals surface area contributed by atoms with E-state index in [9.17, 15) is 8.42 Å². The molecule has 0 radical (unpaired) electrons. The van der Waals surface area contributed by atoms with Gasteiger partial charge >= 0.3 is 0 Å². The molecule has 1 fully saturated rings. The first-order valence-electron chi connectivity index (χ1n) is 7.33. The van der Waals surface area contributed by atoms with Gasteiger partial charge in [0.1, 0.15) is 9.84 Å². The van der Waals surface area contributed by atoms with Crippen LogP contribution in [0.1, 0.15) is 58.3 Å². The summed E-state index contributed by atoms with van der Waals surface area (Å²) >= 11 is 0. The smallest absolute Gasteiger partial charge is 0.150 e. The van der Waals surface area contributed by atoms with Crippen molar-refractivity contribution in [3.05, 3.63) is 0 Å². The number of hydrogen-bond acceptors (Lipinski definition) is 3. The van der Waals surface area contributed by atoms with E-state index in [1.54, 1.807) is 0 Å². The molecule has 3 atom stereocenters. The Morgan fingerprint density at radius 3 is 2.56 bits per heavy atom. The van der Waals surface area contributed by atoms with E-state index >= 15 is 0 Å². The predicted octanol–water partition coefficient (Wildman–Crippen LogP) is 2.76. The number of sulfone groups is 1. The second-order valence-electron chi connectivity index (χ2n) is 5.84. The predicted molar refractivity (Wildman–Crippen MR) is 77.6 cm³/mol. The van der Waals surface area contributed by atoms with Gasteiger partial charge in [0.25, 0.3) is 0 Å². The van der Waals surface area contributed by atoms with Crippen LogP contribution in [0.3, 0.4) is 0 Å². The summed E-state index contributed by atoms with van der Waals surface area (Å²) < 4.78 is 23.2. The minimum Gasteiger partial charge on any atom is -0.317 e. The molecule has 1 aliphatic carbocycles. The maximum Gasteiger partial charge on any atom is 0.150 e. The summed E-state index contributed by atoms with van der Waals surface area (Å²) in [5.74, 6) is 0.617. The van der Waals surface area contributed by atoms with Crippen molar-refractivity contribution in [3.8, 4) is 0 Å². The van der Waals surface area contributed by atoms with Crippen molar-refractivity contribution in [2.24, 2.45) is 5.92 Å². The Bertz CT molecular complexity index is 327. The van der Waals surface area contributed by atoms with Crippen LogP contribution in [0.15, 0.2) is 0 Å². The zero-order valence-corrected chi connectivity index (χ0v) is 12.9. The average Bonchev–Trinajstić information content (AvgIpc) is 2.34. The van der Waals surface area contributed by atoms with Gasteiger partial charge in [-0.25, -0.2) is 8.42 Å². The molecule has 0 aromatic carbocycles. The molecule has 0 bridgehead atoms. The van der Waals surface area contributed by atoms with Gasteiger partial charge in [0, 0.05) is 12.3 Å². The van der Waals surface area contributed by atoms with Crippen LogP contribution in [-0.4, -0.2) is 33.0 Å². The minimum atomic E-state index is -2.83. The van der Waals surface area contributed by atoms with E-state index in [2.05, 4.69) is 12.2 Å². The van der Waals surface area contributed by atoms with Gasteiger partial charge in [0.15, 0.2) is 0 Å². The van der Waals surface area contributed by atoms with Gasteiger partial charge in [-0.3, -0.25) is 0 Å². The first kappa shape index (κ1) is 16.0. The molecular weight excluding hydrogens is 246 g/mol. The normalized spacial score (nSPS) is 27.1. The molecule has 0 amide bonds. The van der Waals surface area contributed by atoms with Crippen molar-refractivity contribution in [2.75, 3.05) is 13.3 Å². The Hall–Kier alpha value is -0.0900. The second kappa shape index (κ2) is 7.49. The lowest BCUT2D eigenvalue weighted by atomic mass is 9.84. The van der Waals surface area contributed by atoms with Crippen LogP contribution in [0, 0.1) is 5.92 Å². The van der Waals surface area contributed by atoms with E-state index in [1.165, 1.54) is 38.4 Å². The van der Waals surface area contributed by atoms with Crippen LogP contribution < -0.4 is 5.32 Å². The molecule has 18 heavy (non-hydrogen) atoms. The van der Waals surface area contributed by atoms with E-state index in [0.717, 1.165) is 19.3 Å². The Morgan fingerprint density at radius 1 is 1.28 bits per heavy atom. The van der Waals surface area contributed by atoms with E-state index in [1.807, 2.05) is 7.05 Å². The van der Waals surface area contributed by atoms with Gasteiger partial charge in [-0.15, -0.1) is 0 Å². The summed E-state index contributed by atoms with van der Waals surface area (Å²) in [7, 11) is -0.800. The quantitative estimate of drug-likeness (QED) is 0.777. The Kier molecular flexibility index (Phi) is 6.64. The van der Waals surface area contributed by atoms with Crippen LogP contribution in [-0.2, 0) is 9.84 Å². The SMILES string of the molecule is CCCC(CCC1CCCC(S(C)(=O)=O)C1)NC. The van der Waals surface area contributed by atoms with Crippen molar-refractivity contribution in [1.29, 1.82) is 0 Å². The monoisotopic (exact) mass is 275 g/mol. The molecule has 0 saturated heterocycles. The Labute approximate surface area is 113 Å². The molecule has 0 aromatic rings.